The maximum atomic E-state index is 14.2. The molecule has 0 bridgehead atoms. The number of halogens is 1. The molecule has 1 amide bonds. The summed E-state index contributed by atoms with van der Waals surface area (Å²) in [5.41, 5.74) is 2.56. The number of carbonyl (C=O) groups excluding carboxylic acids is 1. The lowest BCUT2D eigenvalue weighted by molar-refractivity contribution is 0.0696. The van der Waals surface area contributed by atoms with Crippen molar-refractivity contribution in [2.24, 2.45) is 0 Å². The fraction of sp³-hybridized carbons (Fsp3) is 0.282. The first-order valence-corrected chi connectivity index (χ1v) is 16.9. The lowest BCUT2D eigenvalue weighted by atomic mass is 10.0. The summed E-state index contributed by atoms with van der Waals surface area (Å²) in [5, 5.41) is 11.3. The molecule has 0 saturated heterocycles. The third kappa shape index (κ3) is 8.86. The van der Waals surface area contributed by atoms with Crippen molar-refractivity contribution in [2.75, 3.05) is 5.01 Å². The van der Waals surface area contributed by atoms with E-state index < -0.39 is 18.2 Å². The van der Waals surface area contributed by atoms with E-state index in [-0.39, 0.29) is 29.3 Å². The highest BCUT2D eigenvalue weighted by molar-refractivity contribution is 6.34. The first-order valence-electron chi connectivity index (χ1n) is 16.5. The van der Waals surface area contributed by atoms with Crippen molar-refractivity contribution in [1.29, 1.82) is 0 Å². The summed E-state index contributed by atoms with van der Waals surface area (Å²) in [6.07, 6.45) is 3.16. The second-order valence-corrected chi connectivity index (χ2v) is 12.2. The number of ether oxygens (including phenoxy) is 2. The third-order valence-electron chi connectivity index (χ3n) is 8.17. The van der Waals surface area contributed by atoms with Crippen molar-refractivity contribution >= 4 is 34.6 Å². The molecule has 0 fully saturated rings. The van der Waals surface area contributed by atoms with Gasteiger partial charge < -0.3 is 14.6 Å². The summed E-state index contributed by atoms with van der Waals surface area (Å²) >= 11 is 6.29. The third-order valence-corrected chi connectivity index (χ3v) is 8.62. The van der Waals surface area contributed by atoms with Crippen LogP contribution in [-0.4, -0.2) is 32.9 Å². The first kappa shape index (κ1) is 35.2. The number of nitrogens with zero attached hydrogens (tertiary/aromatic N) is 3. The number of carboxylic acids is 1. The van der Waals surface area contributed by atoms with E-state index in [4.69, 9.17) is 26.1 Å². The molecule has 1 N–H and O–H groups in total. The molecule has 1 heterocycles. The van der Waals surface area contributed by atoms with Crippen molar-refractivity contribution in [3.05, 3.63) is 141 Å². The molecular formula is C39H40ClN3O6. The Morgan fingerprint density at radius 3 is 2.35 bits per heavy atom. The number of para-hydroxylation sites is 1. The van der Waals surface area contributed by atoms with Crippen LogP contribution in [0.5, 0.6) is 5.75 Å². The van der Waals surface area contributed by atoms with Gasteiger partial charge in [-0.05, 0) is 54.3 Å². The molecule has 49 heavy (non-hydrogen) atoms. The molecule has 9 nitrogen and oxygen atoms in total. The predicted molar refractivity (Wildman–Crippen MR) is 191 cm³/mol. The Morgan fingerprint density at radius 1 is 0.898 bits per heavy atom. The Morgan fingerprint density at radius 2 is 1.63 bits per heavy atom. The molecule has 5 rings (SSSR count). The van der Waals surface area contributed by atoms with E-state index in [1.54, 1.807) is 42.5 Å². The largest absolute Gasteiger partial charge is 0.489 e. The number of benzene rings is 4. The quantitative estimate of drug-likeness (QED) is 0.118. The van der Waals surface area contributed by atoms with Crippen LogP contribution in [0.4, 0.5) is 4.79 Å². The number of hydrogen-bond donors (Lipinski definition) is 1. The highest BCUT2D eigenvalue weighted by Gasteiger charge is 2.26. The lowest BCUT2D eigenvalue weighted by Gasteiger charge is -2.29. The minimum atomic E-state index is -1.11. The summed E-state index contributed by atoms with van der Waals surface area (Å²) in [4.78, 5) is 44.6. The molecule has 0 aliphatic rings. The number of hydrogen-bond acceptors (Lipinski definition) is 6. The molecule has 1 aromatic heterocycles. The van der Waals surface area contributed by atoms with Crippen molar-refractivity contribution in [1.82, 2.24) is 9.66 Å². The fourth-order valence-corrected chi connectivity index (χ4v) is 5.88. The molecular weight excluding hydrogens is 642 g/mol. The zero-order chi connectivity index (χ0) is 34.8. The van der Waals surface area contributed by atoms with Crippen LogP contribution in [0.15, 0.2) is 102 Å². The standard InChI is InChI=1S/C39H40ClN3O6/c1-3-5-19-35-41-34-18-10-9-16-32(34)37(44)43(35)42(39(47)49-31(12-4-2)24-27-13-7-6-8-14-27)25-28-20-22-30(23-21-28)48-26-29-15-11-17-33(36(29)40)38(45)46/h6-11,13-18,20-23,31H,3-5,12,19,24-26H2,1-2H3,(H,45,46). The van der Waals surface area contributed by atoms with E-state index in [9.17, 15) is 19.5 Å². The molecule has 0 saturated carbocycles. The first-order chi connectivity index (χ1) is 23.8. The topological polar surface area (TPSA) is 111 Å². The van der Waals surface area contributed by atoms with E-state index >= 15 is 0 Å². The summed E-state index contributed by atoms with van der Waals surface area (Å²) < 4.78 is 13.5. The van der Waals surface area contributed by atoms with Crippen LogP contribution < -0.4 is 15.3 Å². The number of rotatable bonds is 15. The van der Waals surface area contributed by atoms with Gasteiger partial charge in [-0.2, -0.15) is 4.68 Å². The molecule has 10 heteroatoms. The molecule has 4 aromatic carbocycles. The highest BCUT2D eigenvalue weighted by Crippen LogP contribution is 2.24. The van der Waals surface area contributed by atoms with Gasteiger partial charge in [0.15, 0.2) is 0 Å². The van der Waals surface area contributed by atoms with E-state index in [1.807, 2.05) is 55.5 Å². The van der Waals surface area contributed by atoms with Crippen molar-refractivity contribution in [2.45, 2.75) is 71.6 Å². The van der Waals surface area contributed by atoms with Crippen LogP contribution in [0.3, 0.4) is 0 Å². The van der Waals surface area contributed by atoms with Gasteiger partial charge in [0, 0.05) is 18.4 Å². The van der Waals surface area contributed by atoms with Gasteiger partial charge in [0.1, 0.15) is 24.3 Å². The van der Waals surface area contributed by atoms with Gasteiger partial charge >= 0.3 is 12.1 Å². The second-order valence-electron chi connectivity index (χ2n) is 11.8. The molecule has 0 spiro atoms. The zero-order valence-corrected chi connectivity index (χ0v) is 28.4. The van der Waals surface area contributed by atoms with E-state index in [2.05, 4.69) is 6.92 Å². The van der Waals surface area contributed by atoms with Crippen LogP contribution in [-0.2, 0) is 30.7 Å². The monoisotopic (exact) mass is 681 g/mol. The van der Waals surface area contributed by atoms with Gasteiger partial charge in [-0.15, -0.1) is 0 Å². The number of aromatic carboxylic acids is 1. The van der Waals surface area contributed by atoms with E-state index in [1.165, 1.54) is 15.8 Å². The summed E-state index contributed by atoms with van der Waals surface area (Å²) in [5.74, 6) is -0.106. The van der Waals surface area contributed by atoms with Crippen molar-refractivity contribution in [3.63, 3.8) is 0 Å². The number of unbranched alkanes of at least 4 members (excludes halogenated alkanes) is 1. The molecule has 1 unspecified atom stereocenters. The molecule has 0 radical (unpaired) electrons. The smallest absolute Gasteiger partial charge is 0.429 e. The van der Waals surface area contributed by atoms with Gasteiger partial charge in [0.05, 0.1) is 28.0 Å². The van der Waals surface area contributed by atoms with Crippen LogP contribution in [0.25, 0.3) is 10.9 Å². The van der Waals surface area contributed by atoms with Crippen LogP contribution in [0, 0.1) is 0 Å². The summed E-state index contributed by atoms with van der Waals surface area (Å²) in [7, 11) is 0. The maximum absolute atomic E-state index is 14.2. The minimum Gasteiger partial charge on any atom is -0.489 e. The Bertz CT molecular complexity index is 1950. The molecule has 0 aliphatic heterocycles. The highest BCUT2D eigenvalue weighted by atomic mass is 35.5. The fourth-order valence-electron chi connectivity index (χ4n) is 5.62. The van der Waals surface area contributed by atoms with Gasteiger partial charge in [0.25, 0.3) is 5.56 Å². The Kier molecular flexibility index (Phi) is 12.1. The number of aryl methyl sites for hydroxylation is 1. The second kappa shape index (κ2) is 16.8. The average molecular weight is 682 g/mol. The van der Waals surface area contributed by atoms with Crippen molar-refractivity contribution < 1.29 is 24.2 Å². The van der Waals surface area contributed by atoms with Gasteiger partial charge in [-0.3, -0.25) is 4.79 Å². The number of fused-ring (bicyclic) bond motifs is 1. The lowest BCUT2D eigenvalue weighted by Crippen LogP contribution is -2.49. The Balaban J connectivity index is 1.46. The average Bonchev–Trinajstić information content (AvgIpc) is 3.10. The molecule has 0 aliphatic carbocycles. The van der Waals surface area contributed by atoms with Crippen LogP contribution in [0.2, 0.25) is 5.02 Å². The number of aromatic nitrogens is 2. The predicted octanol–water partition coefficient (Wildman–Crippen LogP) is 8.36. The van der Waals surface area contributed by atoms with Crippen LogP contribution >= 0.6 is 11.6 Å². The van der Waals surface area contributed by atoms with Gasteiger partial charge in [-0.25, -0.2) is 19.6 Å². The molecule has 1 atom stereocenters. The number of carboxylic acid groups (broad SMARTS) is 1. The Labute approximate surface area is 290 Å². The van der Waals surface area contributed by atoms with Gasteiger partial charge in [-0.1, -0.05) is 105 Å². The number of carbonyl (C=O) groups is 2. The van der Waals surface area contributed by atoms with E-state index in [0.717, 1.165) is 30.4 Å². The zero-order valence-electron chi connectivity index (χ0n) is 27.7. The number of amides is 1. The molecule has 254 valence electrons. The normalized spacial score (nSPS) is 11.7. The summed E-state index contributed by atoms with van der Waals surface area (Å²) in [6.45, 7) is 4.21. The maximum Gasteiger partial charge on any atom is 0.429 e. The molecule has 5 aromatic rings. The van der Waals surface area contributed by atoms with E-state index in [0.29, 0.717) is 47.3 Å². The van der Waals surface area contributed by atoms with Crippen LogP contribution in [0.1, 0.15) is 72.4 Å². The SMILES string of the molecule is CCCCc1nc2ccccc2c(=O)n1N(Cc1ccc(OCc2cccc(C(=O)O)c2Cl)cc1)C(=O)OC(CCC)Cc1ccccc1. The van der Waals surface area contributed by atoms with Crippen molar-refractivity contribution in [3.8, 4) is 5.75 Å². The Hall–Kier alpha value is -5.15. The minimum absolute atomic E-state index is 0.00626. The summed E-state index contributed by atoms with van der Waals surface area (Å²) in [6, 6.07) is 28.9. The van der Waals surface area contributed by atoms with Gasteiger partial charge in [0.2, 0.25) is 0 Å².